The van der Waals surface area contributed by atoms with Gasteiger partial charge in [-0.2, -0.15) is 0 Å². The number of nitrogens with two attached hydrogens (primary N) is 1. The summed E-state index contributed by atoms with van der Waals surface area (Å²) in [5.41, 5.74) is 19.7. The van der Waals surface area contributed by atoms with Crippen molar-refractivity contribution in [1.82, 2.24) is 0 Å². The van der Waals surface area contributed by atoms with E-state index in [1.807, 2.05) is 12.1 Å². The van der Waals surface area contributed by atoms with E-state index in [4.69, 9.17) is 5.73 Å². The largest absolute Gasteiger partial charge is 0.398 e. The second kappa shape index (κ2) is 12.7. The molecule has 0 unspecified atom stereocenters. The number of anilines is 1. The van der Waals surface area contributed by atoms with Gasteiger partial charge in [0.25, 0.3) is 0 Å². The number of hydrogen-bond donors (Lipinski definition) is 1. The molecule has 208 valence electrons. The molecule has 0 saturated heterocycles. The molecule has 42 heavy (non-hydrogen) atoms. The molecule has 6 aromatic rings. The Morgan fingerprint density at radius 1 is 0.381 bits per heavy atom. The van der Waals surface area contributed by atoms with Gasteiger partial charge in [-0.25, -0.2) is 0 Å². The third kappa shape index (κ3) is 5.51. The number of rotatable bonds is 5. The van der Waals surface area contributed by atoms with E-state index in [2.05, 4.69) is 167 Å². The first-order valence-corrected chi connectivity index (χ1v) is 14.6. The van der Waals surface area contributed by atoms with Gasteiger partial charge in [-0.05, 0) is 89.4 Å². The van der Waals surface area contributed by atoms with Gasteiger partial charge in [0.1, 0.15) is 0 Å². The molecule has 0 spiro atoms. The van der Waals surface area contributed by atoms with E-state index in [-0.39, 0.29) is 0 Å². The quantitative estimate of drug-likeness (QED) is 0.169. The molecule has 0 radical (unpaired) electrons. The molecule has 0 aliphatic rings. The van der Waals surface area contributed by atoms with Gasteiger partial charge in [-0.3, -0.25) is 0 Å². The van der Waals surface area contributed by atoms with E-state index >= 15 is 0 Å². The summed E-state index contributed by atoms with van der Waals surface area (Å²) >= 11 is 0. The first-order valence-electron chi connectivity index (χ1n) is 14.6. The van der Waals surface area contributed by atoms with Crippen LogP contribution >= 0.6 is 0 Å². The molecule has 0 heterocycles. The van der Waals surface area contributed by atoms with E-state index in [1.165, 1.54) is 50.1 Å². The zero-order chi connectivity index (χ0) is 29.5. The topological polar surface area (TPSA) is 26.0 Å². The Morgan fingerprint density at radius 2 is 0.833 bits per heavy atom. The number of benzene rings is 6. The fourth-order valence-corrected chi connectivity index (χ4v) is 6.06. The third-order valence-corrected chi connectivity index (χ3v) is 8.37. The smallest absolute Gasteiger partial charge is 0.0724 e. The summed E-state index contributed by atoms with van der Waals surface area (Å²) in [5.74, 6) is 0. The summed E-state index contributed by atoms with van der Waals surface area (Å²) in [6.07, 6.45) is 0. The number of nitrogen functional groups attached to an aromatic ring is 1. The van der Waals surface area contributed by atoms with Crippen molar-refractivity contribution in [3.8, 4) is 11.1 Å². The van der Waals surface area contributed by atoms with Crippen LogP contribution < -0.4 is 5.73 Å². The standard InChI is InChI=1S/C26H23N.C15H16/c1-20-12-8-9-17-23(20)26(21-13-4-2-5-14-21,22-15-6-3-7-16-22)24-18-10-11-19-25(24)27;1-11-8-6-10-15(13(11)3)14-9-5-4-7-12(14)2/h2-19H,27H2,1H3;4-10H,1-3H3. The summed E-state index contributed by atoms with van der Waals surface area (Å²) in [4.78, 5) is 0. The van der Waals surface area contributed by atoms with Crippen LogP contribution in [0.3, 0.4) is 0 Å². The molecular weight excluding hydrogens is 506 g/mol. The van der Waals surface area contributed by atoms with Gasteiger partial charge in [0.15, 0.2) is 0 Å². The highest BCUT2D eigenvalue weighted by Gasteiger charge is 2.40. The van der Waals surface area contributed by atoms with Crippen molar-refractivity contribution in [1.29, 1.82) is 0 Å². The predicted octanol–water partition coefficient (Wildman–Crippen LogP) is 10.2. The minimum atomic E-state index is -0.473. The third-order valence-electron chi connectivity index (χ3n) is 8.37. The molecule has 0 amide bonds. The Labute approximate surface area is 251 Å². The first kappa shape index (κ1) is 28.6. The molecule has 0 aromatic heterocycles. The molecule has 0 fully saturated rings. The van der Waals surface area contributed by atoms with Crippen LogP contribution in [-0.2, 0) is 5.41 Å². The van der Waals surface area contributed by atoms with Gasteiger partial charge in [-0.15, -0.1) is 0 Å². The first-order chi connectivity index (χ1) is 20.4. The van der Waals surface area contributed by atoms with Crippen molar-refractivity contribution in [2.75, 3.05) is 5.73 Å². The van der Waals surface area contributed by atoms with Crippen molar-refractivity contribution >= 4 is 5.69 Å². The average Bonchev–Trinajstić information content (AvgIpc) is 3.02. The summed E-state index contributed by atoms with van der Waals surface area (Å²) in [6, 6.07) is 53.2. The molecule has 0 aliphatic carbocycles. The highest BCUT2D eigenvalue weighted by atomic mass is 14.6. The Kier molecular flexibility index (Phi) is 8.69. The molecule has 0 atom stereocenters. The summed E-state index contributed by atoms with van der Waals surface area (Å²) < 4.78 is 0. The molecule has 2 N–H and O–H groups in total. The van der Waals surface area contributed by atoms with E-state index < -0.39 is 5.41 Å². The maximum atomic E-state index is 6.57. The highest BCUT2D eigenvalue weighted by molar-refractivity contribution is 5.71. The normalized spacial score (nSPS) is 11.0. The maximum Gasteiger partial charge on any atom is 0.0724 e. The summed E-state index contributed by atoms with van der Waals surface area (Å²) in [6.45, 7) is 8.69. The number of hydrogen-bond acceptors (Lipinski definition) is 1. The van der Waals surface area contributed by atoms with Gasteiger partial charge in [0.2, 0.25) is 0 Å². The highest BCUT2D eigenvalue weighted by Crippen LogP contribution is 2.47. The lowest BCUT2D eigenvalue weighted by molar-refractivity contribution is 0.741. The predicted molar refractivity (Wildman–Crippen MR) is 180 cm³/mol. The molecule has 0 saturated carbocycles. The van der Waals surface area contributed by atoms with Crippen molar-refractivity contribution in [3.63, 3.8) is 0 Å². The molecular formula is C41H39N. The van der Waals surface area contributed by atoms with Crippen LogP contribution in [0.4, 0.5) is 5.69 Å². The Balaban J connectivity index is 0.000000199. The van der Waals surface area contributed by atoms with Crippen LogP contribution in [0.15, 0.2) is 152 Å². The Morgan fingerprint density at radius 3 is 1.40 bits per heavy atom. The second-order valence-corrected chi connectivity index (χ2v) is 10.9. The van der Waals surface area contributed by atoms with Gasteiger partial charge in [0.05, 0.1) is 5.41 Å². The van der Waals surface area contributed by atoms with Gasteiger partial charge >= 0.3 is 0 Å². The molecule has 6 rings (SSSR count). The number of aryl methyl sites for hydroxylation is 3. The van der Waals surface area contributed by atoms with Crippen LogP contribution in [-0.4, -0.2) is 0 Å². The van der Waals surface area contributed by atoms with Crippen molar-refractivity contribution < 1.29 is 0 Å². The lowest BCUT2D eigenvalue weighted by Crippen LogP contribution is -2.32. The van der Waals surface area contributed by atoms with E-state index in [0.717, 1.165) is 11.3 Å². The molecule has 0 aliphatic heterocycles. The molecule has 6 aromatic carbocycles. The molecule has 1 heteroatoms. The van der Waals surface area contributed by atoms with Gasteiger partial charge in [0, 0.05) is 5.69 Å². The van der Waals surface area contributed by atoms with E-state index in [1.54, 1.807) is 0 Å². The fourth-order valence-electron chi connectivity index (χ4n) is 6.06. The van der Waals surface area contributed by atoms with Crippen LogP contribution in [0.25, 0.3) is 11.1 Å². The average molecular weight is 546 g/mol. The summed E-state index contributed by atoms with van der Waals surface area (Å²) in [7, 11) is 0. The molecule has 1 nitrogen and oxygen atoms in total. The van der Waals surface area contributed by atoms with E-state index in [9.17, 15) is 0 Å². The second-order valence-electron chi connectivity index (χ2n) is 10.9. The van der Waals surface area contributed by atoms with Crippen LogP contribution in [0, 0.1) is 27.7 Å². The van der Waals surface area contributed by atoms with Crippen LogP contribution in [0.5, 0.6) is 0 Å². The van der Waals surface area contributed by atoms with Gasteiger partial charge in [-0.1, -0.05) is 146 Å². The minimum absolute atomic E-state index is 0.473. The zero-order valence-electron chi connectivity index (χ0n) is 25.0. The molecule has 0 bridgehead atoms. The van der Waals surface area contributed by atoms with Crippen molar-refractivity contribution in [2.45, 2.75) is 33.1 Å². The van der Waals surface area contributed by atoms with Crippen LogP contribution in [0.2, 0.25) is 0 Å². The minimum Gasteiger partial charge on any atom is -0.398 e. The monoisotopic (exact) mass is 545 g/mol. The number of para-hydroxylation sites is 1. The maximum absolute atomic E-state index is 6.57. The zero-order valence-corrected chi connectivity index (χ0v) is 25.0. The fraction of sp³-hybridized carbons (Fsp3) is 0.122. The van der Waals surface area contributed by atoms with Crippen molar-refractivity contribution in [2.24, 2.45) is 0 Å². The summed E-state index contributed by atoms with van der Waals surface area (Å²) in [5, 5.41) is 0. The van der Waals surface area contributed by atoms with Gasteiger partial charge < -0.3 is 5.73 Å². The lowest BCUT2D eigenvalue weighted by atomic mass is 9.63. The van der Waals surface area contributed by atoms with Crippen LogP contribution in [0.1, 0.15) is 44.5 Å². The lowest BCUT2D eigenvalue weighted by Gasteiger charge is -2.38. The Hall–Kier alpha value is -4.88. The van der Waals surface area contributed by atoms with E-state index in [0.29, 0.717) is 0 Å². The Bertz CT molecular complexity index is 1680. The SMILES string of the molecule is Cc1ccccc1-c1cccc(C)c1C.Cc1ccccc1C(c1ccccc1)(c1ccccc1)c1ccccc1N. The van der Waals surface area contributed by atoms with Crippen molar-refractivity contribution in [3.05, 3.63) is 196 Å².